The van der Waals surface area contributed by atoms with E-state index in [-0.39, 0.29) is 24.3 Å². The van der Waals surface area contributed by atoms with E-state index in [9.17, 15) is 9.59 Å². The summed E-state index contributed by atoms with van der Waals surface area (Å²) in [5.74, 6) is 0.924. The minimum Gasteiger partial charge on any atom is -0.467 e. The maximum absolute atomic E-state index is 12.8. The highest BCUT2D eigenvalue weighted by molar-refractivity contribution is 9.10. The van der Waals surface area contributed by atoms with Crippen molar-refractivity contribution in [2.24, 2.45) is 5.41 Å². The Hall–Kier alpha value is -2.64. The highest BCUT2D eigenvalue weighted by atomic mass is 79.9. The van der Waals surface area contributed by atoms with Gasteiger partial charge in [0.25, 0.3) is 0 Å². The normalized spacial score (nSPS) is 16.7. The van der Waals surface area contributed by atoms with E-state index in [2.05, 4.69) is 15.9 Å². The van der Waals surface area contributed by atoms with Gasteiger partial charge in [-0.3, -0.25) is 9.59 Å². The molecule has 0 saturated heterocycles. The molecule has 0 aliphatic carbocycles. The number of Topliss-reactive ketones (excluding diaryl/α,β-unsaturated/α-hetero) is 1. The van der Waals surface area contributed by atoms with Crippen LogP contribution in [0, 0.1) is 5.41 Å². The van der Waals surface area contributed by atoms with Gasteiger partial charge >= 0.3 is 5.97 Å². The van der Waals surface area contributed by atoms with Crippen LogP contribution < -0.4 is 14.2 Å². The SMILES string of the molecule is CC(C)(C)C(=O)Oc1ccc2c(c1)OC(=Cc1cc(Br)cc3c1OCOC3)C2=O. The second-order valence-electron chi connectivity index (χ2n) is 7.83. The lowest BCUT2D eigenvalue weighted by atomic mass is 9.97. The molecule has 0 fully saturated rings. The van der Waals surface area contributed by atoms with Gasteiger partial charge in [-0.05, 0) is 51.1 Å². The molecule has 0 atom stereocenters. The highest BCUT2D eigenvalue weighted by Crippen LogP contribution is 2.38. The van der Waals surface area contributed by atoms with Crippen LogP contribution in [0.1, 0.15) is 42.3 Å². The Balaban J connectivity index is 1.64. The molecule has 150 valence electrons. The predicted molar refractivity (Wildman–Crippen MR) is 109 cm³/mol. The van der Waals surface area contributed by atoms with Crippen molar-refractivity contribution in [2.75, 3.05) is 6.79 Å². The summed E-state index contributed by atoms with van der Waals surface area (Å²) in [5.41, 5.74) is 1.38. The Morgan fingerprint density at radius 1 is 1.21 bits per heavy atom. The highest BCUT2D eigenvalue weighted by Gasteiger charge is 2.30. The van der Waals surface area contributed by atoms with Gasteiger partial charge in [0.15, 0.2) is 12.6 Å². The molecule has 2 aliphatic rings. The third kappa shape index (κ3) is 3.93. The topological polar surface area (TPSA) is 71.1 Å². The van der Waals surface area contributed by atoms with Crippen molar-refractivity contribution >= 4 is 33.8 Å². The summed E-state index contributed by atoms with van der Waals surface area (Å²) in [7, 11) is 0. The molecule has 2 aromatic carbocycles. The molecule has 0 unspecified atom stereocenters. The molecule has 0 bridgehead atoms. The van der Waals surface area contributed by atoms with E-state index >= 15 is 0 Å². The number of carbonyl (C=O) groups is 2. The predicted octanol–water partition coefficient (Wildman–Crippen LogP) is 4.88. The summed E-state index contributed by atoms with van der Waals surface area (Å²) in [4.78, 5) is 24.9. The number of halogens is 1. The van der Waals surface area contributed by atoms with E-state index in [1.807, 2.05) is 12.1 Å². The van der Waals surface area contributed by atoms with Crippen LogP contribution in [0.25, 0.3) is 6.08 Å². The van der Waals surface area contributed by atoms with Crippen molar-refractivity contribution in [3.63, 3.8) is 0 Å². The third-order valence-electron chi connectivity index (χ3n) is 4.45. The van der Waals surface area contributed by atoms with Crippen molar-refractivity contribution in [1.29, 1.82) is 0 Å². The van der Waals surface area contributed by atoms with Crippen molar-refractivity contribution < 1.29 is 28.5 Å². The average molecular weight is 459 g/mol. The molecular formula is C22H19BrO6. The van der Waals surface area contributed by atoms with Crippen LogP contribution >= 0.6 is 15.9 Å². The first-order valence-electron chi connectivity index (χ1n) is 9.06. The van der Waals surface area contributed by atoms with Gasteiger partial charge in [0.1, 0.15) is 17.2 Å². The second-order valence-corrected chi connectivity index (χ2v) is 8.75. The van der Waals surface area contributed by atoms with E-state index < -0.39 is 5.41 Å². The smallest absolute Gasteiger partial charge is 0.316 e. The number of rotatable bonds is 2. The monoisotopic (exact) mass is 458 g/mol. The first-order valence-corrected chi connectivity index (χ1v) is 9.85. The van der Waals surface area contributed by atoms with E-state index in [0.29, 0.717) is 35.0 Å². The van der Waals surface area contributed by atoms with Crippen molar-refractivity contribution in [2.45, 2.75) is 27.4 Å². The fourth-order valence-corrected chi connectivity index (χ4v) is 3.47. The molecule has 7 heteroatoms. The molecule has 2 aromatic rings. The van der Waals surface area contributed by atoms with E-state index in [1.54, 1.807) is 45.0 Å². The first-order chi connectivity index (χ1) is 13.7. The van der Waals surface area contributed by atoms with Gasteiger partial charge in [-0.1, -0.05) is 15.9 Å². The van der Waals surface area contributed by atoms with Gasteiger partial charge in [0.2, 0.25) is 5.78 Å². The minimum atomic E-state index is -0.635. The summed E-state index contributed by atoms with van der Waals surface area (Å²) >= 11 is 3.47. The van der Waals surface area contributed by atoms with Crippen molar-refractivity contribution in [3.05, 3.63) is 57.3 Å². The Bertz CT molecular complexity index is 1050. The van der Waals surface area contributed by atoms with Gasteiger partial charge in [0, 0.05) is 21.7 Å². The largest absolute Gasteiger partial charge is 0.467 e. The number of ketones is 1. The molecule has 2 aliphatic heterocycles. The number of esters is 1. The first kappa shape index (κ1) is 19.7. The number of ether oxygens (including phenoxy) is 4. The summed E-state index contributed by atoms with van der Waals surface area (Å²) in [6.07, 6.45) is 1.65. The van der Waals surface area contributed by atoms with Gasteiger partial charge in [-0.2, -0.15) is 0 Å². The molecular weight excluding hydrogens is 440 g/mol. The van der Waals surface area contributed by atoms with E-state index in [4.69, 9.17) is 18.9 Å². The summed E-state index contributed by atoms with van der Waals surface area (Å²) in [5, 5.41) is 0. The maximum atomic E-state index is 12.8. The van der Waals surface area contributed by atoms with E-state index in [0.717, 1.165) is 10.0 Å². The molecule has 0 N–H and O–H groups in total. The second kappa shape index (κ2) is 7.31. The standard InChI is InChI=1S/C22H19BrO6/c1-22(2,3)21(25)28-15-4-5-16-17(9-15)29-18(19(16)24)8-12-6-14(23)7-13-10-26-11-27-20(12)13/h4-9H,10-11H2,1-3H3. The Labute approximate surface area is 176 Å². The van der Waals surface area contributed by atoms with Crippen LogP contribution in [0.5, 0.6) is 17.2 Å². The maximum Gasteiger partial charge on any atom is 0.316 e. The molecule has 0 amide bonds. The number of benzene rings is 2. The van der Waals surface area contributed by atoms with Crippen LogP contribution in [-0.4, -0.2) is 18.5 Å². The minimum absolute atomic E-state index is 0.155. The van der Waals surface area contributed by atoms with Crippen LogP contribution in [0.3, 0.4) is 0 Å². The fraction of sp³-hybridized carbons (Fsp3) is 0.273. The van der Waals surface area contributed by atoms with Crippen LogP contribution in [0.15, 0.2) is 40.6 Å². The number of carbonyl (C=O) groups excluding carboxylic acids is 2. The van der Waals surface area contributed by atoms with Gasteiger partial charge < -0.3 is 18.9 Å². The van der Waals surface area contributed by atoms with Gasteiger partial charge in [-0.25, -0.2) is 0 Å². The van der Waals surface area contributed by atoms with Gasteiger partial charge in [-0.15, -0.1) is 0 Å². The quantitative estimate of drug-likeness (QED) is 0.362. The number of fused-ring (bicyclic) bond motifs is 2. The molecule has 29 heavy (non-hydrogen) atoms. The number of hydrogen-bond donors (Lipinski definition) is 0. The zero-order valence-electron chi connectivity index (χ0n) is 16.2. The van der Waals surface area contributed by atoms with Crippen LogP contribution in [0.2, 0.25) is 0 Å². The zero-order valence-corrected chi connectivity index (χ0v) is 17.8. The molecule has 0 aromatic heterocycles. The Morgan fingerprint density at radius 2 is 2.00 bits per heavy atom. The lowest BCUT2D eigenvalue weighted by molar-refractivity contribution is -0.143. The molecule has 0 saturated carbocycles. The molecule has 0 radical (unpaired) electrons. The lowest BCUT2D eigenvalue weighted by Crippen LogP contribution is -2.25. The molecule has 2 heterocycles. The van der Waals surface area contributed by atoms with Crippen molar-refractivity contribution in [3.8, 4) is 17.2 Å². The zero-order chi connectivity index (χ0) is 20.8. The summed E-state index contributed by atoms with van der Waals surface area (Å²) in [6.45, 7) is 5.91. The summed E-state index contributed by atoms with van der Waals surface area (Å²) < 4.78 is 22.9. The van der Waals surface area contributed by atoms with Gasteiger partial charge in [0.05, 0.1) is 17.6 Å². The number of hydrogen-bond acceptors (Lipinski definition) is 6. The molecule has 0 spiro atoms. The summed E-state index contributed by atoms with van der Waals surface area (Å²) in [6, 6.07) is 8.52. The average Bonchev–Trinajstić information content (AvgIpc) is 2.96. The molecule has 4 rings (SSSR count). The molecule has 6 nitrogen and oxygen atoms in total. The van der Waals surface area contributed by atoms with Crippen LogP contribution in [-0.2, 0) is 16.1 Å². The lowest BCUT2D eigenvalue weighted by Gasteiger charge is -2.20. The third-order valence-corrected chi connectivity index (χ3v) is 4.91. The van der Waals surface area contributed by atoms with Crippen molar-refractivity contribution in [1.82, 2.24) is 0 Å². The number of allylic oxidation sites excluding steroid dienone is 1. The Kier molecular flexibility index (Phi) is 4.96. The van der Waals surface area contributed by atoms with E-state index in [1.165, 1.54) is 0 Å². The Morgan fingerprint density at radius 3 is 2.76 bits per heavy atom. The van der Waals surface area contributed by atoms with Crippen LogP contribution in [0.4, 0.5) is 0 Å². The fourth-order valence-electron chi connectivity index (χ4n) is 2.95.